The summed E-state index contributed by atoms with van der Waals surface area (Å²) in [6.07, 6.45) is 0.175. The Balaban J connectivity index is 2.18. The molecular weight excluding hydrogens is 266 g/mol. The van der Waals surface area contributed by atoms with Crippen LogP contribution in [0.5, 0.6) is 5.75 Å². The number of ether oxygens (including phenoxy) is 1. The molecule has 2 aromatic rings. The zero-order chi connectivity index (χ0) is 15.2. The zero-order valence-corrected chi connectivity index (χ0v) is 11.6. The van der Waals surface area contributed by atoms with E-state index in [-0.39, 0.29) is 12.3 Å². The van der Waals surface area contributed by atoms with Gasteiger partial charge in [-0.05, 0) is 29.8 Å². The number of methoxy groups -OCH3 is 1. The quantitative estimate of drug-likeness (QED) is 0.842. The predicted octanol–water partition coefficient (Wildman–Crippen LogP) is 2.33. The maximum atomic E-state index is 12.1. The van der Waals surface area contributed by atoms with Crippen LogP contribution < -0.4 is 15.8 Å². The molecule has 0 saturated heterocycles. The molecule has 5 nitrogen and oxygen atoms in total. The van der Waals surface area contributed by atoms with Gasteiger partial charge >= 0.3 is 0 Å². The van der Waals surface area contributed by atoms with Crippen LogP contribution in [-0.4, -0.2) is 13.0 Å². The Morgan fingerprint density at radius 2 is 2.10 bits per heavy atom. The summed E-state index contributed by atoms with van der Waals surface area (Å²) in [6, 6.07) is 14.2. The molecule has 0 aromatic heterocycles. The van der Waals surface area contributed by atoms with Crippen molar-refractivity contribution in [2.45, 2.75) is 6.42 Å². The van der Waals surface area contributed by atoms with Crippen molar-refractivity contribution in [3.8, 4) is 11.8 Å². The van der Waals surface area contributed by atoms with E-state index in [1.165, 1.54) is 7.11 Å². The van der Waals surface area contributed by atoms with Gasteiger partial charge in [0.25, 0.3) is 0 Å². The number of amides is 1. The minimum atomic E-state index is -0.235. The van der Waals surface area contributed by atoms with Gasteiger partial charge in [-0.25, -0.2) is 0 Å². The molecule has 2 rings (SSSR count). The first-order chi connectivity index (χ1) is 10.1. The molecule has 3 N–H and O–H groups in total. The predicted molar refractivity (Wildman–Crippen MR) is 80.9 cm³/mol. The number of nitriles is 1. The van der Waals surface area contributed by atoms with E-state index in [2.05, 4.69) is 5.32 Å². The maximum Gasteiger partial charge on any atom is 0.228 e. The highest BCUT2D eigenvalue weighted by Gasteiger charge is 2.12. The van der Waals surface area contributed by atoms with E-state index < -0.39 is 0 Å². The molecule has 0 unspecified atom stereocenters. The molecule has 0 radical (unpaired) electrons. The van der Waals surface area contributed by atoms with Gasteiger partial charge in [-0.2, -0.15) is 5.26 Å². The Labute approximate surface area is 123 Å². The van der Waals surface area contributed by atoms with E-state index in [0.717, 1.165) is 5.56 Å². The largest absolute Gasteiger partial charge is 0.495 e. The van der Waals surface area contributed by atoms with Crippen molar-refractivity contribution in [1.29, 1.82) is 5.26 Å². The standard InChI is InChI=1S/C16H15N3O2/c1-21-14-7-3-5-12(10-17)16(14)19-15(20)9-11-4-2-6-13(18)8-11/h2-8H,9,18H2,1H3,(H,19,20). The second-order valence-corrected chi connectivity index (χ2v) is 4.46. The third-order valence-electron chi connectivity index (χ3n) is 2.95. The Morgan fingerprint density at radius 3 is 2.76 bits per heavy atom. The highest BCUT2D eigenvalue weighted by Crippen LogP contribution is 2.27. The number of anilines is 2. The minimum Gasteiger partial charge on any atom is -0.495 e. The highest BCUT2D eigenvalue weighted by molar-refractivity contribution is 5.95. The molecule has 0 aliphatic rings. The van der Waals surface area contributed by atoms with Gasteiger partial charge in [-0.1, -0.05) is 18.2 Å². The van der Waals surface area contributed by atoms with Crippen molar-refractivity contribution in [3.63, 3.8) is 0 Å². The molecule has 1 amide bonds. The lowest BCUT2D eigenvalue weighted by Gasteiger charge is -2.11. The number of nitrogen functional groups attached to an aromatic ring is 1. The Morgan fingerprint density at radius 1 is 1.33 bits per heavy atom. The fraction of sp³-hybridized carbons (Fsp3) is 0.125. The number of carbonyl (C=O) groups excluding carboxylic acids is 1. The number of benzene rings is 2. The van der Waals surface area contributed by atoms with E-state index in [1.54, 1.807) is 36.4 Å². The number of nitrogens with one attached hydrogen (secondary N) is 1. The molecule has 21 heavy (non-hydrogen) atoms. The molecule has 5 heteroatoms. The molecule has 0 heterocycles. The molecule has 0 spiro atoms. The summed E-state index contributed by atoms with van der Waals surface area (Å²) in [6.45, 7) is 0. The van der Waals surface area contributed by atoms with Crippen LogP contribution in [0.3, 0.4) is 0 Å². The molecular formula is C16H15N3O2. The van der Waals surface area contributed by atoms with Crippen LogP contribution in [-0.2, 0) is 11.2 Å². The SMILES string of the molecule is COc1cccc(C#N)c1NC(=O)Cc1cccc(N)c1. The van der Waals surface area contributed by atoms with Crippen LogP contribution in [0, 0.1) is 11.3 Å². The van der Waals surface area contributed by atoms with Gasteiger partial charge in [0.1, 0.15) is 17.5 Å². The topological polar surface area (TPSA) is 88.1 Å². The number of nitrogens with two attached hydrogens (primary N) is 1. The summed E-state index contributed by atoms with van der Waals surface area (Å²) in [5.41, 5.74) is 7.84. The number of nitrogens with zero attached hydrogens (tertiary/aromatic N) is 1. The Bertz CT molecular complexity index is 705. The van der Waals surface area contributed by atoms with Crippen LogP contribution in [0.4, 0.5) is 11.4 Å². The fourth-order valence-electron chi connectivity index (χ4n) is 2.00. The fourth-order valence-corrected chi connectivity index (χ4v) is 2.00. The molecule has 0 bridgehead atoms. The first-order valence-electron chi connectivity index (χ1n) is 6.35. The third-order valence-corrected chi connectivity index (χ3v) is 2.95. The normalized spacial score (nSPS) is 9.71. The molecule has 0 fully saturated rings. The Kier molecular flexibility index (Phi) is 4.42. The molecule has 2 aromatic carbocycles. The first-order valence-corrected chi connectivity index (χ1v) is 6.35. The van der Waals surface area contributed by atoms with Crippen LogP contribution in [0.1, 0.15) is 11.1 Å². The van der Waals surface area contributed by atoms with E-state index in [1.807, 2.05) is 12.1 Å². The number of carbonyl (C=O) groups is 1. The highest BCUT2D eigenvalue weighted by atomic mass is 16.5. The van der Waals surface area contributed by atoms with Gasteiger partial charge in [0.15, 0.2) is 0 Å². The average molecular weight is 281 g/mol. The second-order valence-electron chi connectivity index (χ2n) is 4.46. The van der Waals surface area contributed by atoms with Crippen molar-refractivity contribution in [2.75, 3.05) is 18.2 Å². The van der Waals surface area contributed by atoms with Crippen molar-refractivity contribution < 1.29 is 9.53 Å². The van der Waals surface area contributed by atoms with Crippen LogP contribution in [0.25, 0.3) is 0 Å². The zero-order valence-electron chi connectivity index (χ0n) is 11.6. The van der Waals surface area contributed by atoms with Crippen LogP contribution in [0.2, 0.25) is 0 Å². The lowest BCUT2D eigenvalue weighted by molar-refractivity contribution is -0.115. The lowest BCUT2D eigenvalue weighted by atomic mass is 10.1. The van der Waals surface area contributed by atoms with E-state index in [9.17, 15) is 4.79 Å². The minimum absolute atomic E-state index is 0.175. The lowest BCUT2D eigenvalue weighted by Crippen LogP contribution is -2.16. The van der Waals surface area contributed by atoms with Gasteiger partial charge in [0.05, 0.1) is 19.1 Å². The first kappa shape index (κ1) is 14.4. The van der Waals surface area contributed by atoms with Crippen LogP contribution in [0.15, 0.2) is 42.5 Å². The average Bonchev–Trinajstić information content (AvgIpc) is 2.47. The Hall–Kier alpha value is -3.00. The summed E-state index contributed by atoms with van der Waals surface area (Å²) in [5.74, 6) is 0.219. The molecule has 106 valence electrons. The summed E-state index contributed by atoms with van der Waals surface area (Å²) in [4.78, 5) is 12.1. The summed E-state index contributed by atoms with van der Waals surface area (Å²) in [5, 5.41) is 11.8. The van der Waals surface area contributed by atoms with Crippen molar-refractivity contribution in [1.82, 2.24) is 0 Å². The van der Waals surface area contributed by atoms with E-state index in [4.69, 9.17) is 15.7 Å². The number of para-hydroxylation sites is 1. The smallest absolute Gasteiger partial charge is 0.228 e. The summed E-state index contributed by atoms with van der Waals surface area (Å²) >= 11 is 0. The van der Waals surface area contributed by atoms with Crippen LogP contribution >= 0.6 is 0 Å². The maximum absolute atomic E-state index is 12.1. The van der Waals surface area contributed by atoms with Gasteiger partial charge in [0.2, 0.25) is 5.91 Å². The van der Waals surface area contributed by atoms with Crippen molar-refractivity contribution in [2.24, 2.45) is 0 Å². The van der Waals surface area contributed by atoms with Crippen molar-refractivity contribution in [3.05, 3.63) is 53.6 Å². The van der Waals surface area contributed by atoms with Crippen molar-refractivity contribution >= 4 is 17.3 Å². The molecule has 0 atom stereocenters. The van der Waals surface area contributed by atoms with Gasteiger partial charge < -0.3 is 15.8 Å². The van der Waals surface area contributed by atoms with Gasteiger partial charge in [0, 0.05) is 5.69 Å². The van der Waals surface area contributed by atoms with E-state index in [0.29, 0.717) is 22.7 Å². The third kappa shape index (κ3) is 3.51. The van der Waals surface area contributed by atoms with Gasteiger partial charge in [-0.3, -0.25) is 4.79 Å². The summed E-state index contributed by atoms with van der Waals surface area (Å²) < 4.78 is 5.17. The van der Waals surface area contributed by atoms with Gasteiger partial charge in [-0.15, -0.1) is 0 Å². The molecule has 0 aliphatic carbocycles. The summed E-state index contributed by atoms with van der Waals surface area (Å²) in [7, 11) is 1.49. The number of hydrogen-bond donors (Lipinski definition) is 2. The molecule has 0 saturated carbocycles. The number of rotatable bonds is 4. The molecule has 0 aliphatic heterocycles. The van der Waals surface area contributed by atoms with E-state index >= 15 is 0 Å². The number of hydrogen-bond acceptors (Lipinski definition) is 4. The second kappa shape index (κ2) is 6.44. The monoisotopic (exact) mass is 281 g/mol.